The molecule has 0 amide bonds. The molecule has 0 radical (unpaired) electrons. The molecule has 0 saturated carbocycles. The summed E-state index contributed by atoms with van der Waals surface area (Å²) in [5, 5.41) is 3.06. The van der Waals surface area contributed by atoms with Crippen molar-refractivity contribution < 1.29 is 0 Å². The van der Waals surface area contributed by atoms with Crippen LogP contribution >= 0.6 is 11.8 Å². The first-order chi connectivity index (χ1) is 3.77. The molecule has 2 heteroatoms. The van der Waals surface area contributed by atoms with Gasteiger partial charge in [-0.3, -0.25) is 0 Å². The van der Waals surface area contributed by atoms with Gasteiger partial charge in [-0.25, -0.2) is 0 Å². The number of thioether (sulfide) groups is 1. The van der Waals surface area contributed by atoms with Gasteiger partial charge in [0.25, 0.3) is 0 Å². The average molecular weight is 131 g/mol. The van der Waals surface area contributed by atoms with Crippen molar-refractivity contribution in [1.82, 2.24) is 5.32 Å². The van der Waals surface area contributed by atoms with E-state index in [0.717, 1.165) is 12.3 Å². The van der Waals surface area contributed by atoms with Gasteiger partial charge in [-0.2, -0.15) is 0 Å². The van der Waals surface area contributed by atoms with E-state index in [0.29, 0.717) is 0 Å². The van der Waals surface area contributed by atoms with E-state index in [9.17, 15) is 0 Å². The second-order valence-corrected chi connectivity index (χ2v) is 3.05. The number of hydrogen-bond donors (Lipinski definition) is 1. The molecule has 0 aliphatic rings. The Kier molecular flexibility index (Phi) is 5.22. The molecule has 8 heavy (non-hydrogen) atoms. The van der Waals surface area contributed by atoms with E-state index in [1.165, 1.54) is 4.91 Å². The highest BCUT2D eigenvalue weighted by molar-refractivity contribution is 8.03. The zero-order valence-corrected chi connectivity index (χ0v) is 6.35. The zero-order chi connectivity index (χ0) is 6.41. The minimum atomic E-state index is 1.07. The van der Waals surface area contributed by atoms with E-state index in [2.05, 4.69) is 11.9 Å². The molecule has 1 N–H and O–H groups in total. The Balaban J connectivity index is 2.82. The van der Waals surface area contributed by atoms with Crippen molar-refractivity contribution in [3.8, 4) is 0 Å². The first kappa shape index (κ1) is 8.05. The van der Waals surface area contributed by atoms with Crippen molar-refractivity contribution in [2.24, 2.45) is 0 Å². The maximum Gasteiger partial charge on any atom is 0.0102 e. The van der Waals surface area contributed by atoms with Crippen molar-refractivity contribution in [2.45, 2.75) is 6.92 Å². The van der Waals surface area contributed by atoms with Crippen molar-refractivity contribution in [2.75, 3.05) is 19.3 Å². The second kappa shape index (κ2) is 5.19. The standard InChI is InChI=1S/C6H13NS/c1-6(2)8-5-4-7-3/h7H,1,4-5H2,2-3H3. The van der Waals surface area contributed by atoms with E-state index in [4.69, 9.17) is 0 Å². The topological polar surface area (TPSA) is 12.0 Å². The Morgan fingerprint density at radius 1 is 1.75 bits per heavy atom. The van der Waals surface area contributed by atoms with Crippen LogP contribution in [0.15, 0.2) is 11.5 Å². The normalized spacial score (nSPS) is 9.25. The van der Waals surface area contributed by atoms with Crippen LogP contribution in [0.25, 0.3) is 0 Å². The lowest BCUT2D eigenvalue weighted by Gasteiger charge is -1.96. The zero-order valence-electron chi connectivity index (χ0n) is 5.53. The average Bonchev–Trinajstić information content (AvgIpc) is 1.66. The molecule has 0 rings (SSSR count). The third kappa shape index (κ3) is 6.05. The fraction of sp³-hybridized carbons (Fsp3) is 0.667. The number of allylic oxidation sites excluding steroid dienone is 1. The van der Waals surface area contributed by atoms with Gasteiger partial charge < -0.3 is 5.32 Å². The number of hydrogen-bond acceptors (Lipinski definition) is 2. The predicted octanol–water partition coefficient (Wildman–Crippen LogP) is 1.47. The van der Waals surface area contributed by atoms with Crippen LogP contribution in [0.3, 0.4) is 0 Å². The molecule has 48 valence electrons. The highest BCUT2D eigenvalue weighted by atomic mass is 32.2. The maximum atomic E-state index is 3.76. The summed E-state index contributed by atoms with van der Waals surface area (Å²) in [6, 6.07) is 0. The van der Waals surface area contributed by atoms with Crippen LogP contribution in [-0.4, -0.2) is 19.3 Å². The summed E-state index contributed by atoms with van der Waals surface area (Å²) in [4.78, 5) is 1.19. The smallest absolute Gasteiger partial charge is 0.0102 e. The van der Waals surface area contributed by atoms with Gasteiger partial charge in [-0.15, -0.1) is 11.8 Å². The van der Waals surface area contributed by atoms with Crippen LogP contribution in [0.1, 0.15) is 6.92 Å². The molecule has 0 aliphatic heterocycles. The van der Waals surface area contributed by atoms with Gasteiger partial charge in [-0.1, -0.05) is 6.58 Å². The van der Waals surface area contributed by atoms with E-state index < -0.39 is 0 Å². The molecule has 0 saturated heterocycles. The first-order valence-electron chi connectivity index (χ1n) is 2.70. The summed E-state index contributed by atoms with van der Waals surface area (Å²) in [5.74, 6) is 1.13. The monoisotopic (exact) mass is 131 g/mol. The SMILES string of the molecule is C=C(C)SCCNC. The third-order valence-electron chi connectivity index (χ3n) is 0.701. The molecule has 0 aromatic carbocycles. The molecule has 0 aromatic heterocycles. The Hall–Kier alpha value is 0.0500. The van der Waals surface area contributed by atoms with E-state index in [-0.39, 0.29) is 0 Å². The van der Waals surface area contributed by atoms with Gasteiger partial charge in [-0.05, 0) is 18.9 Å². The number of rotatable bonds is 4. The van der Waals surface area contributed by atoms with Crippen LogP contribution in [-0.2, 0) is 0 Å². The minimum Gasteiger partial charge on any atom is -0.319 e. The highest BCUT2D eigenvalue weighted by Gasteiger charge is 1.83. The Labute approximate surface area is 55.5 Å². The van der Waals surface area contributed by atoms with Crippen LogP contribution in [0, 0.1) is 0 Å². The summed E-state index contributed by atoms with van der Waals surface area (Å²) >= 11 is 1.80. The van der Waals surface area contributed by atoms with Gasteiger partial charge >= 0.3 is 0 Å². The quantitative estimate of drug-likeness (QED) is 0.580. The first-order valence-corrected chi connectivity index (χ1v) is 3.69. The molecule has 0 aliphatic carbocycles. The highest BCUT2D eigenvalue weighted by Crippen LogP contribution is 2.09. The summed E-state index contributed by atoms with van der Waals surface area (Å²) in [5.41, 5.74) is 0. The van der Waals surface area contributed by atoms with Crippen molar-refractivity contribution in [3.63, 3.8) is 0 Å². The van der Waals surface area contributed by atoms with Crippen LogP contribution in [0.4, 0.5) is 0 Å². The predicted molar refractivity (Wildman–Crippen MR) is 41.2 cm³/mol. The van der Waals surface area contributed by atoms with Crippen molar-refractivity contribution >= 4 is 11.8 Å². The molecule has 1 nitrogen and oxygen atoms in total. The van der Waals surface area contributed by atoms with E-state index in [1.807, 2.05) is 14.0 Å². The van der Waals surface area contributed by atoms with Crippen molar-refractivity contribution in [1.29, 1.82) is 0 Å². The van der Waals surface area contributed by atoms with Crippen LogP contribution in [0.2, 0.25) is 0 Å². The number of nitrogens with one attached hydrogen (secondary N) is 1. The lowest BCUT2D eigenvalue weighted by atomic mass is 10.7. The summed E-state index contributed by atoms with van der Waals surface area (Å²) < 4.78 is 0. The third-order valence-corrected chi connectivity index (χ3v) is 1.60. The lowest BCUT2D eigenvalue weighted by Crippen LogP contribution is -2.09. The largest absolute Gasteiger partial charge is 0.319 e. The van der Waals surface area contributed by atoms with Crippen LogP contribution < -0.4 is 5.32 Å². The van der Waals surface area contributed by atoms with Crippen molar-refractivity contribution in [3.05, 3.63) is 11.5 Å². The van der Waals surface area contributed by atoms with E-state index >= 15 is 0 Å². The fourth-order valence-corrected chi connectivity index (χ4v) is 0.982. The fourth-order valence-electron chi connectivity index (χ4n) is 0.327. The van der Waals surface area contributed by atoms with E-state index in [1.54, 1.807) is 11.8 Å². The Morgan fingerprint density at radius 2 is 2.38 bits per heavy atom. The Bertz CT molecular complexity index is 70.9. The molecule has 0 fully saturated rings. The molecular formula is C6H13NS. The molecule has 0 aromatic rings. The van der Waals surface area contributed by atoms with Gasteiger partial charge in [0.05, 0.1) is 0 Å². The second-order valence-electron chi connectivity index (χ2n) is 1.65. The molecule has 0 spiro atoms. The minimum absolute atomic E-state index is 1.07. The van der Waals surface area contributed by atoms with Crippen LogP contribution in [0.5, 0.6) is 0 Å². The van der Waals surface area contributed by atoms with Gasteiger partial charge in [0.1, 0.15) is 0 Å². The summed E-state index contributed by atoms with van der Waals surface area (Å²) in [6.45, 7) is 6.86. The Morgan fingerprint density at radius 3 is 2.75 bits per heavy atom. The summed E-state index contributed by atoms with van der Waals surface area (Å²) in [6.07, 6.45) is 0. The van der Waals surface area contributed by atoms with Gasteiger partial charge in [0.15, 0.2) is 0 Å². The van der Waals surface area contributed by atoms with Gasteiger partial charge in [0, 0.05) is 12.3 Å². The molecule has 0 unspecified atom stereocenters. The molecular weight excluding hydrogens is 118 g/mol. The molecule has 0 heterocycles. The molecule has 0 bridgehead atoms. The maximum absolute atomic E-state index is 3.76. The molecule has 0 atom stereocenters. The van der Waals surface area contributed by atoms with Gasteiger partial charge in [0.2, 0.25) is 0 Å². The summed E-state index contributed by atoms with van der Waals surface area (Å²) in [7, 11) is 1.96. The lowest BCUT2D eigenvalue weighted by molar-refractivity contribution is 0.872.